The van der Waals surface area contributed by atoms with Crippen LogP contribution < -0.4 is 9.47 Å². The molecule has 0 atom stereocenters. The fourth-order valence-electron chi connectivity index (χ4n) is 1.16. The second kappa shape index (κ2) is 5.90. The van der Waals surface area contributed by atoms with Crippen molar-refractivity contribution in [3.8, 4) is 11.5 Å². The molecule has 0 aliphatic carbocycles. The highest BCUT2D eigenvalue weighted by Gasteiger charge is 2.09. The van der Waals surface area contributed by atoms with E-state index in [1.807, 2.05) is 6.92 Å². The van der Waals surface area contributed by atoms with E-state index in [-0.39, 0.29) is 11.3 Å². The van der Waals surface area contributed by atoms with E-state index < -0.39 is 5.97 Å². The van der Waals surface area contributed by atoms with Crippen LogP contribution in [-0.2, 0) is 4.79 Å². The summed E-state index contributed by atoms with van der Waals surface area (Å²) in [5.74, 6) is 0.322. The quantitative estimate of drug-likeness (QED) is 0.433. The van der Waals surface area contributed by atoms with Gasteiger partial charge < -0.3 is 9.47 Å². The summed E-state index contributed by atoms with van der Waals surface area (Å²) >= 11 is 0. The van der Waals surface area contributed by atoms with Crippen LogP contribution in [0, 0.1) is 6.42 Å². The molecule has 0 amide bonds. The number of hydrogen-bond donors (Lipinski definition) is 0. The predicted octanol–water partition coefficient (Wildman–Crippen LogP) is 2.03. The average Bonchev–Trinajstić information content (AvgIpc) is 2.30. The molecule has 4 nitrogen and oxygen atoms in total. The zero-order chi connectivity index (χ0) is 12.0. The number of rotatable bonds is 5. The van der Waals surface area contributed by atoms with Gasteiger partial charge in [-0.1, -0.05) is 6.92 Å². The topological polar surface area (TPSA) is 52.6 Å². The van der Waals surface area contributed by atoms with E-state index in [4.69, 9.17) is 9.47 Å². The lowest BCUT2D eigenvalue weighted by Gasteiger charge is -2.07. The van der Waals surface area contributed by atoms with Crippen molar-refractivity contribution >= 4 is 12.3 Å². The molecule has 0 N–H and O–H groups in total. The lowest BCUT2D eigenvalue weighted by Crippen LogP contribution is -2.09. The molecule has 16 heavy (non-hydrogen) atoms. The van der Waals surface area contributed by atoms with E-state index in [9.17, 15) is 9.59 Å². The second-order valence-corrected chi connectivity index (χ2v) is 3.06. The van der Waals surface area contributed by atoms with Crippen molar-refractivity contribution in [2.45, 2.75) is 13.3 Å². The molecule has 0 unspecified atom stereocenters. The highest BCUT2D eigenvalue weighted by molar-refractivity contribution is 5.85. The van der Waals surface area contributed by atoms with Gasteiger partial charge in [-0.3, -0.25) is 9.59 Å². The van der Waals surface area contributed by atoms with Gasteiger partial charge in [0.15, 0.2) is 6.29 Å². The highest BCUT2D eigenvalue weighted by Crippen LogP contribution is 2.22. The summed E-state index contributed by atoms with van der Waals surface area (Å²) in [4.78, 5) is 22.0. The second-order valence-electron chi connectivity index (χ2n) is 3.06. The maximum absolute atomic E-state index is 11.2. The van der Waals surface area contributed by atoms with Crippen LogP contribution in [0.15, 0.2) is 18.2 Å². The molecular weight excluding hydrogens is 208 g/mol. The SMILES string of the molecule is CC[CH]C(=O)Oc1ccc(OC)cc1C=O. The number of aldehydes is 1. The van der Waals surface area contributed by atoms with Gasteiger partial charge in [-0.15, -0.1) is 0 Å². The van der Waals surface area contributed by atoms with Crippen LogP contribution in [0.4, 0.5) is 0 Å². The molecule has 1 radical (unpaired) electrons. The molecule has 1 aromatic carbocycles. The van der Waals surface area contributed by atoms with Crippen molar-refractivity contribution in [1.29, 1.82) is 0 Å². The zero-order valence-electron chi connectivity index (χ0n) is 9.23. The van der Waals surface area contributed by atoms with E-state index in [0.717, 1.165) is 0 Å². The normalized spacial score (nSPS) is 9.62. The molecular formula is C12H13O4. The Hall–Kier alpha value is -1.84. The molecule has 0 fully saturated rings. The molecule has 0 aromatic heterocycles. The average molecular weight is 221 g/mol. The lowest BCUT2D eigenvalue weighted by atomic mass is 10.2. The maximum Gasteiger partial charge on any atom is 0.315 e. The first-order valence-electron chi connectivity index (χ1n) is 4.89. The maximum atomic E-state index is 11.2. The fourth-order valence-corrected chi connectivity index (χ4v) is 1.16. The Morgan fingerprint density at radius 2 is 2.19 bits per heavy atom. The van der Waals surface area contributed by atoms with Gasteiger partial charge >= 0.3 is 5.97 Å². The van der Waals surface area contributed by atoms with Crippen molar-refractivity contribution in [3.63, 3.8) is 0 Å². The minimum atomic E-state index is -0.462. The van der Waals surface area contributed by atoms with Crippen molar-refractivity contribution < 1.29 is 19.1 Å². The number of ether oxygens (including phenoxy) is 2. The molecule has 0 saturated carbocycles. The highest BCUT2D eigenvalue weighted by atomic mass is 16.5. The van der Waals surface area contributed by atoms with Gasteiger partial charge in [0, 0.05) is 0 Å². The van der Waals surface area contributed by atoms with E-state index in [1.54, 1.807) is 6.07 Å². The molecule has 0 aliphatic rings. The Morgan fingerprint density at radius 3 is 2.75 bits per heavy atom. The van der Waals surface area contributed by atoms with Crippen molar-refractivity contribution in [1.82, 2.24) is 0 Å². The Morgan fingerprint density at radius 1 is 1.44 bits per heavy atom. The Kier molecular flexibility index (Phi) is 4.51. The number of benzene rings is 1. The third kappa shape index (κ3) is 3.08. The van der Waals surface area contributed by atoms with Crippen LogP contribution in [-0.4, -0.2) is 19.4 Å². The third-order valence-corrected chi connectivity index (χ3v) is 1.93. The van der Waals surface area contributed by atoms with E-state index in [1.165, 1.54) is 25.7 Å². The lowest BCUT2D eigenvalue weighted by molar-refractivity contribution is -0.130. The summed E-state index contributed by atoms with van der Waals surface area (Å²) in [6, 6.07) is 4.67. The van der Waals surface area contributed by atoms with Gasteiger partial charge in [0.25, 0.3) is 0 Å². The van der Waals surface area contributed by atoms with Crippen LogP contribution >= 0.6 is 0 Å². The largest absolute Gasteiger partial charge is 0.497 e. The van der Waals surface area contributed by atoms with Crippen LogP contribution in [0.5, 0.6) is 11.5 Å². The van der Waals surface area contributed by atoms with Crippen LogP contribution in [0.1, 0.15) is 23.7 Å². The predicted molar refractivity (Wildman–Crippen MR) is 58.6 cm³/mol. The van der Waals surface area contributed by atoms with E-state index in [0.29, 0.717) is 18.5 Å². The van der Waals surface area contributed by atoms with Gasteiger partial charge in [0.2, 0.25) is 0 Å². The number of esters is 1. The number of carbonyl (C=O) groups excluding carboxylic acids is 2. The Balaban J connectivity index is 2.87. The molecule has 85 valence electrons. The van der Waals surface area contributed by atoms with Crippen LogP contribution in [0.3, 0.4) is 0 Å². The van der Waals surface area contributed by atoms with E-state index >= 15 is 0 Å². The molecule has 0 bridgehead atoms. The summed E-state index contributed by atoms with van der Waals surface area (Å²) in [6.45, 7) is 1.83. The molecule has 0 heterocycles. The van der Waals surface area contributed by atoms with Gasteiger partial charge in [-0.05, 0) is 24.6 Å². The molecule has 0 aliphatic heterocycles. The summed E-state index contributed by atoms with van der Waals surface area (Å²) in [7, 11) is 1.50. The first-order valence-corrected chi connectivity index (χ1v) is 4.89. The fraction of sp³-hybridized carbons (Fsp3) is 0.250. The first-order chi connectivity index (χ1) is 7.71. The molecule has 1 rings (SSSR count). The van der Waals surface area contributed by atoms with E-state index in [2.05, 4.69) is 0 Å². The monoisotopic (exact) mass is 221 g/mol. The van der Waals surface area contributed by atoms with Gasteiger partial charge in [0.05, 0.1) is 19.1 Å². The van der Waals surface area contributed by atoms with Gasteiger partial charge in [0.1, 0.15) is 11.5 Å². The molecule has 4 heteroatoms. The standard InChI is InChI=1S/C12H13O4/c1-3-4-12(14)16-11-6-5-10(15-2)7-9(11)8-13/h4-8H,3H2,1-2H3. The van der Waals surface area contributed by atoms with Crippen LogP contribution in [0.25, 0.3) is 0 Å². The van der Waals surface area contributed by atoms with Crippen molar-refractivity contribution in [3.05, 3.63) is 30.2 Å². The minimum Gasteiger partial charge on any atom is -0.497 e. The van der Waals surface area contributed by atoms with Crippen LogP contribution in [0.2, 0.25) is 0 Å². The number of methoxy groups -OCH3 is 1. The molecule has 0 spiro atoms. The smallest absolute Gasteiger partial charge is 0.315 e. The molecule has 0 saturated heterocycles. The Labute approximate surface area is 94.2 Å². The molecule has 1 aromatic rings. The van der Waals surface area contributed by atoms with Crippen molar-refractivity contribution in [2.75, 3.05) is 7.11 Å². The summed E-state index contributed by atoms with van der Waals surface area (Å²) < 4.78 is 9.95. The third-order valence-electron chi connectivity index (χ3n) is 1.93. The summed E-state index contributed by atoms with van der Waals surface area (Å²) in [6.07, 6.45) is 2.61. The van der Waals surface area contributed by atoms with Crippen molar-refractivity contribution in [2.24, 2.45) is 0 Å². The first kappa shape index (κ1) is 12.2. The number of hydrogen-bond acceptors (Lipinski definition) is 4. The summed E-state index contributed by atoms with van der Waals surface area (Å²) in [5, 5.41) is 0. The summed E-state index contributed by atoms with van der Waals surface area (Å²) in [5.41, 5.74) is 0.289. The zero-order valence-corrected chi connectivity index (χ0v) is 9.23. The van der Waals surface area contributed by atoms with Gasteiger partial charge in [-0.2, -0.15) is 0 Å². The number of carbonyl (C=O) groups is 2. The Bertz CT molecular complexity index is 385. The van der Waals surface area contributed by atoms with Gasteiger partial charge in [-0.25, -0.2) is 0 Å². The minimum absolute atomic E-state index is 0.241.